The maximum absolute atomic E-state index is 6.37. The fourth-order valence-corrected chi connectivity index (χ4v) is 5.53. The summed E-state index contributed by atoms with van der Waals surface area (Å²) in [6.07, 6.45) is 0.673. The number of hydrogen-bond donors (Lipinski definition) is 0. The Morgan fingerprint density at radius 1 is 0.919 bits per heavy atom. The number of aromatic nitrogens is 2. The van der Waals surface area contributed by atoms with E-state index >= 15 is 0 Å². The molecular weight excluding hydrogens is 504 g/mol. The second-order valence-corrected chi connectivity index (χ2v) is 9.98. The summed E-state index contributed by atoms with van der Waals surface area (Å²) in [4.78, 5) is 11.1. The molecule has 5 aromatic rings. The minimum atomic E-state index is -0.185. The summed E-state index contributed by atoms with van der Waals surface area (Å²) in [5, 5.41) is 10.6. The lowest BCUT2D eigenvalue weighted by molar-refractivity contribution is 0.395. The van der Waals surface area contributed by atoms with Crippen molar-refractivity contribution in [3.05, 3.63) is 99.7 Å². The highest BCUT2D eigenvalue weighted by Crippen LogP contribution is 2.42. The van der Waals surface area contributed by atoms with E-state index in [4.69, 9.17) is 36.1 Å². The third-order valence-electron chi connectivity index (χ3n) is 6.41. The van der Waals surface area contributed by atoms with Crippen LogP contribution in [0, 0.1) is 0 Å². The molecule has 0 saturated carbocycles. The van der Waals surface area contributed by atoms with Gasteiger partial charge in [0.15, 0.2) is 0 Å². The molecule has 0 bridgehead atoms. The molecule has 0 fully saturated rings. The number of anilines is 1. The summed E-state index contributed by atoms with van der Waals surface area (Å²) in [5.41, 5.74) is 4.52. The van der Waals surface area contributed by atoms with Gasteiger partial charge in [-0.05, 0) is 47.8 Å². The summed E-state index contributed by atoms with van der Waals surface area (Å²) >= 11 is 8.04. The maximum atomic E-state index is 6.37. The fraction of sp³-hybridized carbons (Fsp3) is 0.138. The number of fused-ring (bicyclic) bond motifs is 1. The van der Waals surface area contributed by atoms with Crippen molar-refractivity contribution in [1.82, 2.24) is 9.97 Å². The van der Waals surface area contributed by atoms with E-state index in [1.807, 2.05) is 77.8 Å². The first-order chi connectivity index (χ1) is 18.1. The van der Waals surface area contributed by atoms with E-state index in [-0.39, 0.29) is 6.04 Å². The Morgan fingerprint density at radius 3 is 2.54 bits per heavy atom. The normalized spacial score (nSPS) is 15.2. The van der Waals surface area contributed by atoms with Crippen molar-refractivity contribution in [3.8, 4) is 22.8 Å². The van der Waals surface area contributed by atoms with E-state index < -0.39 is 0 Å². The van der Waals surface area contributed by atoms with Gasteiger partial charge in [-0.3, -0.25) is 0 Å². The molecule has 0 amide bonds. The number of rotatable bonds is 6. The topological polar surface area (TPSA) is 59.8 Å². The fourth-order valence-electron chi connectivity index (χ4n) is 4.64. The van der Waals surface area contributed by atoms with Crippen LogP contribution in [0.5, 0.6) is 11.5 Å². The first kappa shape index (κ1) is 23.5. The number of thiophene rings is 1. The molecule has 0 unspecified atom stereocenters. The number of methoxy groups -OCH3 is 2. The highest BCUT2D eigenvalue weighted by atomic mass is 35.5. The minimum absolute atomic E-state index is 0.185. The summed E-state index contributed by atoms with van der Waals surface area (Å²) in [6, 6.07) is 25.5. The number of halogens is 1. The third-order valence-corrected chi connectivity index (χ3v) is 7.56. The lowest BCUT2D eigenvalue weighted by Crippen LogP contribution is -2.22. The van der Waals surface area contributed by atoms with Crippen molar-refractivity contribution >= 4 is 45.5 Å². The highest BCUT2D eigenvalue weighted by molar-refractivity contribution is 7.12. The molecule has 8 heteroatoms. The van der Waals surface area contributed by atoms with E-state index in [2.05, 4.69) is 11.4 Å². The van der Waals surface area contributed by atoms with E-state index in [0.717, 1.165) is 49.8 Å². The van der Waals surface area contributed by atoms with Crippen LogP contribution >= 0.6 is 22.9 Å². The zero-order valence-corrected chi connectivity index (χ0v) is 21.8. The number of ether oxygens (including phenoxy) is 2. The van der Waals surface area contributed by atoms with Crippen LogP contribution in [0.3, 0.4) is 0 Å². The Morgan fingerprint density at radius 2 is 1.78 bits per heavy atom. The van der Waals surface area contributed by atoms with Crippen LogP contribution in [0.2, 0.25) is 5.02 Å². The zero-order valence-electron chi connectivity index (χ0n) is 20.3. The van der Waals surface area contributed by atoms with Crippen molar-refractivity contribution in [2.75, 3.05) is 19.2 Å². The van der Waals surface area contributed by atoms with Gasteiger partial charge in [0.05, 0.1) is 42.1 Å². The SMILES string of the molecule is COc1ccc(OC)c([C@H]2CC(c3cccs3)=NN2c2nc(-c3ccccc3)c3cc(Cl)ccc3n2)c1. The zero-order chi connectivity index (χ0) is 25.4. The average molecular weight is 527 g/mol. The molecule has 0 saturated heterocycles. The summed E-state index contributed by atoms with van der Waals surface area (Å²) in [6.45, 7) is 0. The van der Waals surface area contributed by atoms with E-state index in [9.17, 15) is 0 Å². The molecule has 6 nitrogen and oxygen atoms in total. The van der Waals surface area contributed by atoms with Gasteiger partial charge in [-0.1, -0.05) is 48.0 Å². The number of nitrogens with zero attached hydrogens (tertiary/aromatic N) is 4. The Hall–Kier alpha value is -3.94. The van der Waals surface area contributed by atoms with Crippen molar-refractivity contribution in [2.24, 2.45) is 5.10 Å². The van der Waals surface area contributed by atoms with Crippen LogP contribution in [0.15, 0.2) is 89.3 Å². The second kappa shape index (κ2) is 9.84. The van der Waals surface area contributed by atoms with Gasteiger partial charge in [0.2, 0.25) is 5.95 Å². The molecule has 2 aromatic heterocycles. The third kappa shape index (κ3) is 4.41. The first-order valence-electron chi connectivity index (χ1n) is 11.8. The van der Waals surface area contributed by atoms with E-state index in [0.29, 0.717) is 17.4 Å². The second-order valence-electron chi connectivity index (χ2n) is 8.60. The van der Waals surface area contributed by atoms with Crippen molar-refractivity contribution in [2.45, 2.75) is 12.5 Å². The van der Waals surface area contributed by atoms with Gasteiger partial charge in [0.1, 0.15) is 11.5 Å². The smallest absolute Gasteiger partial charge is 0.247 e. The van der Waals surface area contributed by atoms with Gasteiger partial charge < -0.3 is 9.47 Å². The summed E-state index contributed by atoms with van der Waals surface area (Å²) in [7, 11) is 3.34. The van der Waals surface area contributed by atoms with Gasteiger partial charge in [0.25, 0.3) is 0 Å². The standard InChI is InChI=1S/C29H23ClN4O2S/c1-35-20-11-13-26(36-2)22(16-20)25-17-24(27-9-6-14-37-27)33-34(25)29-31-23-12-10-19(30)15-21(23)28(32-29)18-7-4-3-5-8-18/h3-16,25H,17H2,1-2H3/t25-/m1/s1. The van der Waals surface area contributed by atoms with Crippen LogP contribution in [0.4, 0.5) is 5.95 Å². The lowest BCUT2D eigenvalue weighted by atomic mass is 10.00. The van der Waals surface area contributed by atoms with Crippen LogP contribution in [-0.4, -0.2) is 29.9 Å². The van der Waals surface area contributed by atoms with Crippen molar-refractivity contribution in [1.29, 1.82) is 0 Å². The molecule has 1 aliphatic heterocycles. The molecule has 0 aliphatic carbocycles. The van der Waals surface area contributed by atoms with Gasteiger partial charge in [-0.2, -0.15) is 5.10 Å². The van der Waals surface area contributed by atoms with Crippen LogP contribution in [0.1, 0.15) is 22.9 Å². The van der Waals surface area contributed by atoms with Crippen LogP contribution in [-0.2, 0) is 0 Å². The predicted octanol–water partition coefficient (Wildman–Crippen LogP) is 7.38. The van der Waals surface area contributed by atoms with E-state index in [1.165, 1.54) is 0 Å². The number of benzene rings is 3. The molecule has 0 N–H and O–H groups in total. The minimum Gasteiger partial charge on any atom is -0.497 e. The lowest BCUT2D eigenvalue weighted by Gasteiger charge is -2.24. The molecule has 1 atom stereocenters. The first-order valence-corrected chi connectivity index (χ1v) is 13.1. The molecule has 3 aromatic carbocycles. The van der Waals surface area contributed by atoms with Gasteiger partial charge in [-0.25, -0.2) is 15.0 Å². The molecular formula is C29H23ClN4O2S. The molecule has 1 aliphatic rings. The van der Waals surface area contributed by atoms with Crippen molar-refractivity contribution < 1.29 is 9.47 Å². The Bertz CT molecular complexity index is 1610. The van der Waals surface area contributed by atoms with Crippen LogP contribution < -0.4 is 14.5 Å². The molecule has 0 radical (unpaired) electrons. The Labute approximate surface area is 223 Å². The van der Waals surface area contributed by atoms with Gasteiger partial charge >= 0.3 is 0 Å². The molecule has 3 heterocycles. The monoisotopic (exact) mass is 526 g/mol. The highest BCUT2D eigenvalue weighted by Gasteiger charge is 2.34. The van der Waals surface area contributed by atoms with Gasteiger partial charge in [0, 0.05) is 28.0 Å². The predicted molar refractivity (Wildman–Crippen MR) is 150 cm³/mol. The molecule has 184 valence electrons. The number of hydrogen-bond acceptors (Lipinski definition) is 7. The van der Waals surface area contributed by atoms with Crippen molar-refractivity contribution in [3.63, 3.8) is 0 Å². The summed E-state index contributed by atoms with van der Waals surface area (Å²) in [5.74, 6) is 2.02. The van der Waals surface area contributed by atoms with Crippen LogP contribution in [0.25, 0.3) is 22.2 Å². The quantitative estimate of drug-likeness (QED) is 0.231. The largest absolute Gasteiger partial charge is 0.497 e. The Kier molecular flexibility index (Phi) is 6.24. The van der Waals surface area contributed by atoms with E-state index in [1.54, 1.807) is 25.6 Å². The van der Waals surface area contributed by atoms with Gasteiger partial charge in [-0.15, -0.1) is 11.3 Å². The number of hydrazone groups is 1. The molecule has 0 spiro atoms. The summed E-state index contributed by atoms with van der Waals surface area (Å²) < 4.78 is 11.3. The molecule has 37 heavy (non-hydrogen) atoms. The molecule has 6 rings (SSSR count). The maximum Gasteiger partial charge on any atom is 0.247 e. The average Bonchev–Trinajstić information content (AvgIpc) is 3.63. The Balaban J connectivity index is 1.56.